The van der Waals surface area contributed by atoms with Crippen molar-refractivity contribution in [1.82, 2.24) is 9.55 Å². The van der Waals surface area contributed by atoms with Crippen LogP contribution in [-0.2, 0) is 0 Å². The molecular weight excluding hydrogens is 424 g/mol. The van der Waals surface area contributed by atoms with Crippen LogP contribution in [0.3, 0.4) is 0 Å². The lowest BCUT2D eigenvalue weighted by atomic mass is 10.1. The monoisotopic (exact) mass is 435 g/mol. The van der Waals surface area contributed by atoms with Crippen LogP contribution in [-0.4, -0.2) is 14.7 Å². The lowest BCUT2D eigenvalue weighted by Crippen LogP contribution is -2.23. The molecule has 0 fully saturated rings. The van der Waals surface area contributed by atoms with Crippen LogP contribution < -0.4 is 5.56 Å². The van der Waals surface area contributed by atoms with Gasteiger partial charge in [0.2, 0.25) is 0 Å². The van der Waals surface area contributed by atoms with E-state index in [2.05, 4.69) is 4.98 Å². The van der Waals surface area contributed by atoms with E-state index in [1.54, 1.807) is 24.3 Å². The molecule has 31 heavy (non-hydrogen) atoms. The number of aliphatic hydroxyl groups is 1. The van der Waals surface area contributed by atoms with Gasteiger partial charge in [0, 0.05) is 11.6 Å². The van der Waals surface area contributed by atoms with E-state index in [4.69, 9.17) is 11.6 Å². The highest BCUT2D eigenvalue weighted by atomic mass is 35.5. The maximum atomic E-state index is 13.8. The fourth-order valence-electron chi connectivity index (χ4n) is 3.16. The van der Waals surface area contributed by atoms with Crippen molar-refractivity contribution < 1.29 is 13.9 Å². The number of hydrogen-bond acceptors (Lipinski definition) is 4. The standard InChI is InChI=1S/C23H12ClF2N3O2/c24-18-3-1-2-4-20(18)29-22(28-19-8-7-15(26)10-17(19)23(29)31)11-21(30)16-9-14(25)6-5-13(16)12-27/h1-11,30H. The first-order chi connectivity index (χ1) is 14.9. The molecule has 4 rings (SSSR count). The van der Waals surface area contributed by atoms with E-state index in [-0.39, 0.29) is 38.6 Å². The van der Waals surface area contributed by atoms with Gasteiger partial charge in [0.25, 0.3) is 5.56 Å². The van der Waals surface area contributed by atoms with Crippen molar-refractivity contribution in [3.8, 4) is 11.8 Å². The van der Waals surface area contributed by atoms with Gasteiger partial charge in [-0.2, -0.15) is 5.26 Å². The molecule has 0 aliphatic carbocycles. The third-order valence-electron chi connectivity index (χ3n) is 4.59. The van der Waals surface area contributed by atoms with Gasteiger partial charge in [-0.05, 0) is 48.5 Å². The maximum absolute atomic E-state index is 13.8. The summed E-state index contributed by atoms with van der Waals surface area (Å²) < 4.78 is 28.6. The largest absolute Gasteiger partial charge is 0.507 e. The normalized spacial score (nSPS) is 11.5. The number of benzene rings is 3. The number of rotatable bonds is 3. The zero-order valence-corrected chi connectivity index (χ0v) is 16.4. The number of para-hydroxylation sites is 1. The molecule has 0 aliphatic heterocycles. The Morgan fingerprint density at radius 3 is 2.55 bits per heavy atom. The number of fused-ring (bicyclic) bond motifs is 1. The van der Waals surface area contributed by atoms with Gasteiger partial charge in [0.15, 0.2) is 0 Å². The van der Waals surface area contributed by atoms with Crippen LogP contribution in [0.15, 0.2) is 65.5 Å². The Kier molecular flexibility index (Phi) is 5.24. The van der Waals surface area contributed by atoms with Crippen LogP contribution in [0.25, 0.3) is 28.4 Å². The summed E-state index contributed by atoms with van der Waals surface area (Å²) in [5, 5.41) is 20.2. The first kappa shape index (κ1) is 20.3. The minimum Gasteiger partial charge on any atom is -0.507 e. The van der Waals surface area contributed by atoms with E-state index in [1.165, 1.54) is 12.1 Å². The Morgan fingerprint density at radius 1 is 1.10 bits per heavy atom. The zero-order chi connectivity index (χ0) is 22.1. The second-order valence-electron chi connectivity index (χ2n) is 6.55. The molecule has 0 unspecified atom stereocenters. The second-order valence-corrected chi connectivity index (χ2v) is 6.96. The van der Waals surface area contributed by atoms with Gasteiger partial charge in [0.1, 0.15) is 23.2 Å². The zero-order valence-electron chi connectivity index (χ0n) is 15.7. The van der Waals surface area contributed by atoms with Crippen molar-refractivity contribution in [1.29, 1.82) is 5.26 Å². The Hall–Kier alpha value is -4.02. The summed E-state index contributed by atoms with van der Waals surface area (Å²) >= 11 is 6.27. The summed E-state index contributed by atoms with van der Waals surface area (Å²) in [7, 11) is 0. The minimum atomic E-state index is -0.653. The molecule has 0 aliphatic rings. The number of hydrogen-bond donors (Lipinski definition) is 1. The van der Waals surface area contributed by atoms with Gasteiger partial charge < -0.3 is 5.11 Å². The highest BCUT2D eigenvalue weighted by Crippen LogP contribution is 2.25. The van der Waals surface area contributed by atoms with Crippen molar-refractivity contribution in [2.24, 2.45) is 0 Å². The van der Waals surface area contributed by atoms with Crippen LogP contribution in [0.5, 0.6) is 0 Å². The SMILES string of the molecule is N#Cc1ccc(F)cc1C(O)=Cc1nc2ccc(F)cc2c(=O)n1-c1ccccc1Cl. The lowest BCUT2D eigenvalue weighted by molar-refractivity contribution is 0.513. The number of halogens is 3. The second kappa shape index (κ2) is 8.01. The summed E-state index contributed by atoms with van der Waals surface area (Å²) in [6.45, 7) is 0. The van der Waals surface area contributed by atoms with Crippen LogP contribution in [0, 0.1) is 23.0 Å². The fourth-order valence-corrected chi connectivity index (χ4v) is 3.38. The predicted molar refractivity (Wildman–Crippen MR) is 114 cm³/mol. The van der Waals surface area contributed by atoms with E-state index in [1.807, 2.05) is 6.07 Å². The highest BCUT2D eigenvalue weighted by molar-refractivity contribution is 6.32. The first-order valence-electron chi connectivity index (χ1n) is 8.97. The van der Waals surface area contributed by atoms with Crippen LogP contribution >= 0.6 is 11.6 Å². The molecule has 8 heteroatoms. The van der Waals surface area contributed by atoms with E-state index in [0.717, 1.165) is 34.9 Å². The maximum Gasteiger partial charge on any atom is 0.266 e. The molecule has 5 nitrogen and oxygen atoms in total. The van der Waals surface area contributed by atoms with Crippen molar-refractivity contribution in [2.75, 3.05) is 0 Å². The van der Waals surface area contributed by atoms with Gasteiger partial charge in [0.05, 0.1) is 33.2 Å². The molecule has 152 valence electrons. The molecular formula is C23H12ClF2N3O2. The van der Waals surface area contributed by atoms with Gasteiger partial charge in [-0.15, -0.1) is 0 Å². The van der Waals surface area contributed by atoms with Crippen molar-refractivity contribution in [2.45, 2.75) is 0 Å². The molecule has 3 aromatic carbocycles. The average Bonchev–Trinajstić information content (AvgIpc) is 2.75. The van der Waals surface area contributed by atoms with Crippen LogP contribution in [0.4, 0.5) is 8.78 Å². The summed E-state index contributed by atoms with van der Waals surface area (Å²) in [4.78, 5) is 17.6. The highest BCUT2D eigenvalue weighted by Gasteiger charge is 2.16. The van der Waals surface area contributed by atoms with E-state index in [9.17, 15) is 23.9 Å². The van der Waals surface area contributed by atoms with Crippen LogP contribution in [0.1, 0.15) is 17.0 Å². The van der Waals surface area contributed by atoms with Gasteiger partial charge >= 0.3 is 0 Å². The summed E-state index contributed by atoms with van der Waals surface area (Å²) in [6, 6.07) is 15.2. The quantitative estimate of drug-likeness (QED) is 0.446. The summed E-state index contributed by atoms with van der Waals surface area (Å²) in [5.74, 6) is -1.78. The summed E-state index contributed by atoms with van der Waals surface area (Å²) in [6.07, 6.45) is 1.13. The topological polar surface area (TPSA) is 78.9 Å². The first-order valence-corrected chi connectivity index (χ1v) is 9.35. The van der Waals surface area contributed by atoms with Crippen molar-refractivity contribution in [3.63, 3.8) is 0 Å². The predicted octanol–water partition coefficient (Wildman–Crippen LogP) is 5.25. The van der Waals surface area contributed by atoms with Crippen molar-refractivity contribution in [3.05, 3.63) is 105 Å². The van der Waals surface area contributed by atoms with Crippen LogP contribution in [0.2, 0.25) is 5.02 Å². The molecule has 0 spiro atoms. The lowest BCUT2D eigenvalue weighted by Gasteiger charge is -2.13. The molecule has 1 aromatic heterocycles. The minimum absolute atomic E-state index is 0.0139. The number of aliphatic hydroxyl groups excluding tert-OH is 1. The number of nitriles is 1. The van der Waals surface area contributed by atoms with Crippen molar-refractivity contribution >= 4 is 34.3 Å². The smallest absolute Gasteiger partial charge is 0.266 e. The Labute approximate surface area is 179 Å². The molecule has 0 atom stereocenters. The fraction of sp³-hybridized carbons (Fsp3) is 0. The Balaban J connectivity index is 2.05. The number of aromatic nitrogens is 2. The molecule has 4 aromatic rings. The summed E-state index contributed by atoms with van der Waals surface area (Å²) in [5.41, 5.74) is -0.206. The Morgan fingerprint density at radius 2 is 1.81 bits per heavy atom. The van der Waals surface area contributed by atoms with Gasteiger partial charge in [-0.1, -0.05) is 23.7 Å². The molecule has 0 radical (unpaired) electrons. The van der Waals surface area contributed by atoms with Gasteiger partial charge in [-0.3, -0.25) is 9.36 Å². The third-order valence-corrected chi connectivity index (χ3v) is 4.91. The molecule has 1 N–H and O–H groups in total. The molecule has 0 saturated heterocycles. The average molecular weight is 436 g/mol. The third kappa shape index (κ3) is 3.77. The molecule has 0 saturated carbocycles. The Bertz CT molecular complexity index is 1470. The van der Waals surface area contributed by atoms with E-state index in [0.29, 0.717) is 0 Å². The molecule has 0 bridgehead atoms. The molecule has 0 amide bonds. The van der Waals surface area contributed by atoms with Gasteiger partial charge in [-0.25, -0.2) is 13.8 Å². The molecule has 1 heterocycles. The van der Waals surface area contributed by atoms with E-state index >= 15 is 0 Å². The van der Waals surface area contributed by atoms with E-state index < -0.39 is 23.0 Å². The number of nitrogens with zero attached hydrogens (tertiary/aromatic N) is 3.